The summed E-state index contributed by atoms with van der Waals surface area (Å²) in [7, 11) is 0. The Morgan fingerprint density at radius 3 is 2.67 bits per heavy atom. The number of ether oxygens (including phenoxy) is 1. The van der Waals surface area contributed by atoms with Crippen LogP contribution in [-0.4, -0.2) is 40.9 Å². The van der Waals surface area contributed by atoms with E-state index in [9.17, 15) is 14.7 Å². The molecule has 0 atom stereocenters. The Morgan fingerprint density at radius 2 is 1.92 bits per heavy atom. The van der Waals surface area contributed by atoms with E-state index in [-0.39, 0.29) is 23.8 Å². The Hall–Kier alpha value is -3.15. The first-order valence-electron chi connectivity index (χ1n) is 7.53. The first-order valence-corrected chi connectivity index (χ1v) is 7.53. The molecule has 1 amide bonds. The van der Waals surface area contributed by atoms with Gasteiger partial charge in [0.25, 0.3) is 5.91 Å². The van der Waals surface area contributed by atoms with Gasteiger partial charge in [0, 0.05) is 6.42 Å². The van der Waals surface area contributed by atoms with Gasteiger partial charge in [-0.3, -0.25) is 4.79 Å². The number of benzene rings is 2. The van der Waals surface area contributed by atoms with Crippen LogP contribution in [-0.2, 0) is 9.53 Å². The number of carbonyl (C=O) groups excluding carboxylic acids is 2. The highest BCUT2D eigenvalue weighted by Crippen LogP contribution is 2.15. The van der Waals surface area contributed by atoms with E-state index in [0.29, 0.717) is 13.0 Å². The fraction of sp³-hybridized carbons (Fsp3) is 0.167. The third-order valence-electron chi connectivity index (χ3n) is 3.61. The predicted octanol–water partition coefficient (Wildman–Crippen LogP) is 2.19. The van der Waals surface area contributed by atoms with Crippen LogP contribution in [0, 0.1) is 0 Å². The monoisotopic (exact) mass is 324 g/mol. The van der Waals surface area contributed by atoms with Crippen LogP contribution in [0.1, 0.15) is 22.3 Å². The molecule has 2 aromatic carbocycles. The van der Waals surface area contributed by atoms with Gasteiger partial charge in [-0.05, 0) is 23.8 Å². The van der Waals surface area contributed by atoms with E-state index in [1.54, 1.807) is 0 Å². The van der Waals surface area contributed by atoms with Crippen molar-refractivity contribution in [1.29, 1.82) is 0 Å². The van der Waals surface area contributed by atoms with Gasteiger partial charge in [-0.1, -0.05) is 36.4 Å². The molecular weight excluding hydrogens is 308 g/mol. The number of nitrogens with zero attached hydrogens (tertiary/aromatic N) is 2. The van der Waals surface area contributed by atoms with Crippen LogP contribution in [0.15, 0.2) is 59.7 Å². The summed E-state index contributed by atoms with van der Waals surface area (Å²) in [5, 5.41) is 15.0. The third-order valence-corrected chi connectivity index (χ3v) is 3.61. The first kappa shape index (κ1) is 15.7. The molecule has 0 spiro atoms. The van der Waals surface area contributed by atoms with E-state index in [4.69, 9.17) is 4.74 Å². The van der Waals surface area contributed by atoms with Crippen molar-refractivity contribution in [1.82, 2.24) is 5.01 Å². The Balaban J connectivity index is 1.58. The van der Waals surface area contributed by atoms with Gasteiger partial charge in [0.2, 0.25) is 0 Å². The highest BCUT2D eigenvalue weighted by atomic mass is 16.5. The average molecular weight is 324 g/mol. The maximum atomic E-state index is 12.1. The number of aromatic hydroxyl groups is 1. The van der Waals surface area contributed by atoms with E-state index in [2.05, 4.69) is 5.10 Å². The molecule has 6 nitrogen and oxygen atoms in total. The second-order valence-corrected chi connectivity index (χ2v) is 5.31. The molecule has 2 aromatic rings. The molecule has 122 valence electrons. The maximum Gasteiger partial charge on any atom is 0.338 e. The van der Waals surface area contributed by atoms with Gasteiger partial charge in [0.1, 0.15) is 5.75 Å². The largest absolute Gasteiger partial charge is 0.508 e. The number of hydrogen-bond acceptors (Lipinski definition) is 5. The number of carbonyl (C=O) groups is 2. The molecular formula is C18H16N2O4. The predicted molar refractivity (Wildman–Crippen MR) is 87.7 cm³/mol. The van der Waals surface area contributed by atoms with Crippen LogP contribution in [0.2, 0.25) is 0 Å². The van der Waals surface area contributed by atoms with Crippen molar-refractivity contribution < 1.29 is 19.4 Å². The Kier molecular flexibility index (Phi) is 4.56. The number of amides is 1. The highest BCUT2D eigenvalue weighted by Gasteiger charge is 2.22. The van der Waals surface area contributed by atoms with Gasteiger partial charge in [0.15, 0.2) is 6.61 Å². The van der Waals surface area contributed by atoms with Gasteiger partial charge in [0.05, 0.1) is 17.8 Å². The molecule has 0 aliphatic carbocycles. The summed E-state index contributed by atoms with van der Waals surface area (Å²) in [4.78, 5) is 24.0. The summed E-state index contributed by atoms with van der Waals surface area (Å²) in [6.45, 7) is 0.0762. The topological polar surface area (TPSA) is 79.2 Å². The Morgan fingerprint density at radius 1 is 1.12 bits per heavy atom. The molecule has 0 aromatic heterocycles. The number of hydrogen-bond donors (Lipinski definition) is 1. The molecule has 1 aliphatic rings. The van der Waals surface area contributed by atoms with Gasteiger partial charge >= 0.3 is 5.97 Å². The summed E-state index contributed by atoms with van der Waals surface area (Å²) in [6, 6.07) is 15.4. The van der Waals surface area contributed by atoms with Crippen LogP contribution < -0.4 is 0 Å². The maximum absolute atomic E-state index is 12.1. The summed E-state index contributed by atoms with van der Waals surface area (Å²) in [5.41, 5.74) is 2.01. The van der Waals surface area contributed by atoms with Crippen molar-refractivity contribution in [3.05, 3.63) is 65.7 Å². The molecule has 1 N–H and O–H groups in total. The lowest BCUT2D eigenvalue weighted by molar-refractivity contribution is -0.134. The number of hydrazone groups is 1. The summed E-state index contributed by atoms with van der Waals surface area (Å²) < 4.78 is 4.99. The minimum atomic E-state index is -0.661. The van der Waals surface area contributed by atoms with E-state index in [1.165, 1.54) is 29.3 Å². The summed E-state index contributed by atoms with van der Waals surface area (Å²) >= 11 is 0. The van der Waals surface area contributed by atoms with Gasteiger partial charge in [-0.15, -0.1) is 0 Å². The molecule has 1 heterocycles. The number of esters is 1. The van der Waals surface area contributed by atoms with Crippen LogP contribution in [0.5, 0.6) is 5.75 Å². The zero-order valence-electron chi connectivity index (χ0n) is 12.9. The first-order chi connectivity index (χ1) is 11.6. The van der Waals surface area contributed by atoms with Gasteiger partial charge in [-0.25, -0.2) is 9.80 Å². The van der Waals surface area contributed by atoms with Crippen molar-refractivity contribution >= 4 is 17.6 Å². The van der Waals surface area contributed by atoms with Crippen LogP contribution in [0.4, 0.5) is 0 Å². The Labute approximate surface area is 139 Å². The molecule has 6 heteroatoms. The smallest absolute Gasteiger partial charge is 0.338 e. The van der Waals surface area contributed by atoms with E-state index in [1.807, 2.05) is 30.3 Å². The zero-order valence-corrected chi connectivity index (χ0v) is 12.9. The van der Waals surface area contributed by atoms with Gasteiger partial charge in [-0.2, -0.15) is 5.10 Å². The summed E-state index contributed by atoms with van der Waals surface area (Å²) in [5.74, 6) is -1.08. The van der Waals surface area contributed by atoms with E-state index in [0.717, 1.165) is 11.3 Å². The normalized spacial score (nSPS) is 13.5. The number of rotatable bonds is 4. The summed E-state index contributed by atoms with van der Waals surface area (Å²) in [6.07, 6.45) is 0.663. The molecule has 0 bridgehead atoms. The minimum Gasteiger partial charge on any atom is -0.508 e. The van der Waals surface area contributed by atoms with Crippen LogP contribution >= 0.6 is 0 Å². The third kappa shape index (κ3) is 3.60. The molecule has 24 heavy (non-hydrogen) atoms. The molecule has 0 radical (unpaired) electrons. The lowest BCUT2D eigenvalue weighted by atomic mass is 10.1. The minimum absolute atomic E-state index is 0.0348. The molecule has 0 unspecified atom stereocenters. The van der Waals surface area contributed by atoms with Crippen LogP contribution in [0.25, 0.3) is 0 Å². The molecule has 3 rings (SSSR count). The quantitative estimate of drug-likeness (QED) is 0.874. The van der Waals surface area contributed by atoms with Crippen molar-refractivity contribution in [3.63, 3.8) is 0 Å². The molecule has 1 aliphatic heterocycles. The number of phenols is 1. The van der Waals surface area contributed by atoms with Gasteiger partial charge < -0.3 is 9.84 Å². The van der Waals surface area contributed by atoms with Crippen LogP contribution in [0.3, 0.4) is 0 Å². The molecule has 0 fully saturated rings. The Bertz CT molecular complexity index is 787. The van der Waals surface area contributed by atoms with E-state index >= 15 is 0 Å². The number of phenolic OH excluding ortho intramolecular Hbond substituents is 1. The second-order valence-electron chi connectivity index (χ2n) is 5.31. The second kappa shape index (κ2) is 6.95. The highest BCUT2D eigenvalue weighted by molar-refractivity contribution is 6.02. The van der Waals surface area contributed by atoms with Crippen molar-refractivity contribution in [3.8, 4) is 5.75 Å². The SMILES string of the molecule is O=C(OCC(=O)N1CCC(c2ccccc2)=N1)c1cccc(O)c1. The lowest BCUT2D eigenvalue weighted by Gasteiger charge is -2.11. The zero-order chi connectivity index (χ0) is 16.9. The van der Waals surface area contributed by atoms with Crippen molar-refractivity contribution in [2.75, 3.05) is 13.2 Å². The van der Waals surface area contributed by atoms with Crippen molar-refractivity contribution in [2.24, 2.45) is 5.10 Å². The standard InChI is InChI=1S/C18H16N2O4/c21-15-8-4-7-14(11-15)18(23)24-12-17(22)20-10-9-16(19-20)13-5-2-1-3-6-13/h1-8,11,21H,9-10,12H2. The van der Waals surface area contributed by atoms with E-state index < -0.39 is 5.97 Å². The fourth-order valence-corrected chi connectivity index (χ4v) is 2.39. The molecule has 0 saturated carbocycles. The average Bonchev–Trinajstić information content (AvgIpc) is 3.10. The molecule has 0 saturated heterocycles. The lowest BCUT2D eigenvalue weighted by Crippen LogP contribution is -2.28. The fourth-order valence-electron chi connectivity index (χ4n) is 2.39. The van der Waals surface area contributed by atoms with Crippen molar-refractivity contribution in [2.45, 2.75) is 6.42 Å².